The number of aliphatic imine (C=N–C) groups is 1. The third-order valence-electron chi connectivity index (χ3n) is 4.94. The Morgan fingerprint density at radius 1 is 0.960 bits per heavy atom. The molecule has 1 aliphatic rings. The Bertz CT molecular complexity index is 943. The first kappa shape index (κ1) is 15.7. The van der Waals surface area contributed by atoms with Gasteiger partial charge in [-0.05, 0) is 59.0 Å². The predicted molar refractivity (Wildman–Crippen MR) is 107 cm³/mol. The maximum absolute atomic E-state index is 6.16. The Labute approximate surface area is 148 Å². The molecule has 3 N–H and O–H groups in total. The average Bonchev–Trinajstić information content (AvgIpc) is 3.03. The molecular weight excluding hydrogens is 306 g/mol. The molecule has 0 amide bonds. The monoisotopic (exact) mass is 329 g/mol. The number of nitrogens with zero attached hydrogens (tertiary/aromatic N) is 1. The van der Waals surface area contributed by atoms with Gasteiger partial charge in [0.15, 0.2) is 5.96 Å². The number of guanidine groups is 1. The molecule has 0 heterocycles. The molecule has 3 aromatic rings. The number of nitrogens with one attached hydrogen (secondary N) is 1. The van der Waals surface area contributed by atoms with Crippen molar-refractivity contribution in [1.82, 2.24) is 0 Å². The maximum Gasteiger partial charge on any atom is 0.198 e. The predicted octanol–water partition coefficient (Wildman–Crippen LogP) is 5.12. The van der Waals surface area contributed by atoms with Crippen LogP contribution in [0.5, 0.6) is 0 Å². The molecule has 3 nitrogen and oxygen atoms in total. The normalized spacial score (nSPS) is 13.6. The number of nitrogens with two attached hydrogens (primary N) is 1. The molecule has 3 aromatic carbocycles. The summed E-state index contributed by atoms with van der Waals surface area (Å²) >= 11 is 0. The van der Waals surface area contributed by atoms with E-state index in [0.29, 0.717) is 11.9 Å². The van der Waals surface area contributed by atoms with Crippen molar-refractivity contribution >= 4 is 28.1 Å². The fourth-order valence-electron chi connectivity index (χ4n) is 3.59. The van der Waals surface area contributed by atoms with E-state index in [0.717, 1.165) is 24.2 Å². The lowest BCUT2D eigenvalue weighted by Crippen LogP contribution is -2.21. The summed E-state index contributed by atoms with van der Waals surface area (Å²) in [5, 5.41) is 5.74. The van der Waals surface area contributed by atoms with Gasteiger partial charge in [-0.25, -0.2) is 4.99 Å². The van der Waals surface area contributed by atoms with Crippen LogP contribution in [0.4, 0.5) is 11.4 Å². The summed E-state index contributed by atoms with van der Waals surface area (Å²) in [5.74, 6) is 0.935. The topological polar surface area (TPSA) is 50.4 Å². The minimum absolute atomic E-state index is 0.413. The summed E-state index contributed by atoms with van der Waals surface area (Å²) < 4.78 is 0. The highest BCUT2D eigenvalue weighted by molar-refractivity contribution is 6.02. The van der Waals surface area contributed by atoms with Crippen LogP contribution in [0.2, 0.25) is 0 Å². The summed E-state index contributed by atoms with van der Waals surface area (Å²) in [6, 6.07) is 19.1. The van der Waals surface area contributed by atoms with Gasteiger partial charge in [0.2, 0.25) is 0 Å². The van der Waals surface area contributed by atoms with Gasteiger partial charge in [0.1, 0.15) is 0 Å². The van der Waals surface area contributed by atoms with Gasteiger partial charge in [0, 0.05) is 11.1 Å². The van der Waals surface area contributed by atoms with Gasteiger partial charge in [-0.1, -0.05) is 50.2 Å². The molecule has 4 rings (SSSR count). The molecule has 0 radical (unpaired) electrons. The molecule has 0 fully saturated rings. The van der Waals surface area contributed by atoms with Crippen LogP contribution in [-0.4, -0.2) is 5.96 Å². The molecular formula is C22H23N3. The van der Waals surface area contributed by atoms with E-state index >= 15 is 0 Å². The minimum Gasteiger partial charge on any atom is -0.369 e. The van der Waals surface area contributed by atoms with E-state index in [1.165, 1.54) is 27.5 Å². The summed E-state index contributed by atoms with van der Waals surface area (Å²) in [5.41, 5.74) is 12.2. The average molecular weight is 329 g/mol. The highest BCUT2D eigenvalue weighted by atomic mass is 15.1. The van der Waals surface area contributed by atoms with E-state index in [1.54, 1.807) is 0 Å². The second-order valence-electron chi connectivity index (χ2n) is 6.98. The van der Waals surface area contributed by atoms with Crippen molar-refractivity contribution in [2.75, 3.05) is 5.32 Å². The highest BCUT2D eigenvalue weighted by Crippen LogP contribution is 2.36. The second-order valence-corrected chi connectivity index (χ2v) is 6.98. The SMILES string of the molecule is CC(C)c1ccc(NC(N)=Nc2ccc3c4c(cccc24)CC3)cc1. The van der Waals surface area contributed by atoms with Crippen LogP contribution < -0.4 is 11.1 Å². The quantitative estimate of drug-likeness (QED) is 0.517. The third kappa shape index (κ3) is 2.98. The largest absolute Gasteiger partial charge is 0.369 e. The molecule has 0 atom stereocenters. The number of hydrogen-bond donors (Lipinski definition) is 2. The van der Waals surface area contributed by atoms with Crippen molar-refractivity contribution in [2.45, 2.75) is 32.6 Å². The van der Waals surface area contributed by atoms with Gasteiger partial charge < -0.3 is 11.1 Å². The molecule has 1 aliphatic carbocycles. The van der Waals surface area contributed by atoms with Gasteiger partial charge in [0.05, 0.1) is 5.69 Å². The molecule has 0 aromatic heterocycles. The Morgan fingerprint density at radius 2 is 1.68 bits per heavy atom. The van der Waals surface area contributed by atoms with Crippen LogP contribution in [0.15, 0.2) is 59.6 Å². The van der Waals surface area contributed by atoms with Gasteiger partial charge >= 0.3 is 0 Å². The first-order valence-electron chi connectivity index (χ1n) is 8.86. The molecule has 3 heteroatoms. The van der Waals surface area contributed by atoms with Gasteiger partial charge in [-0.2, -0.15) is 0 Å². The Kier molecular flexibility index (Phi) is 3.92. The Balaban J connectivity index is 1.64. The first-order chi connectivity index (χ1) is 12.1. The lowest BCUT2D eigenvalue weighted by molar-refractivity contribution is 0.867. The lowest BCUT2D eigenvalue weighted by Gasteiger charge is -2.10. The van der Waals surface area contributed by atoms with Crippen molar-refractivity contribution in [2.24, 2.45) is 10.7 Å². The van der Waals surface area contributed by atoms with Gasteiger partial charge in [-0.15, -0.1) is 0 Å². The molecule has 0 saturated carbocycles. The Hall–Kier alpha value is -2.81. The molecule has 0 bridgehead atoms. The zero-order valence-corrected chi connectivity index (χ0v) is 14.7. The fraction of sp³-hybridized carbons (Fsp3) is 0.227. The lowest BCUT2D eigenvalue weighted by atomic mass is 10.0. The number of benzene rings is 3. The van der Waals surface area contributed by atoms with E-state index in [-0.39, 0.29) is 0 Å². The van der Waals surface area contributed by atoms with Crippen LogP contribution in [0, 0.1) is 0 Å². The summed E-state index contributed by atoms with van der Waals surface area (Å²) in [7, 11) is 0. The van der Waals surface area contributed by atoms with Crippen molar-refractivity contribution < 1.29 is 0 Å². The van der Waals surface area contributed by atoms with Crippen LogP contribution >= 0.6 is 0 Å². The number of rotatable bonds is 3. The van der Waals surface area contributed by atoms with E-state index in [1.807, 2.05) is 12.1 Å². The van der Waals surface area contributed by atoms with Crippen molar-refractivity contribution in [3.05, 3.63) is 71.3 Å². The van der Waals surface area contributed by atoms with Gasteiger partial charge in [-0.3, -0.25) is 0 Å². The van der Waals surface area contributed by atoms with Crippen LogP contribution in [0.3, 0.4) is 0 Å². The van der Waals surface area contributed by atoms with Crippen LogP contribution in [-0.2, 0) is 12.8 Å². The number of hydrogen-bond acceptors (Lipinski definition) is 1. The Morgan fingerprint density at radius 3 is 2.40 bits per heavy atom. The molecule has 0 saturated heterocycles. The van der Waals surface area contributed by atoms with E-state index in [2.05, 4.69) is 66.6 Å². The van der Waals surface area contributed by atoms with Gasteiger partial charge in [0.25, 0.3) is 0 Å². The third-order valence-corrected chi connectivity index (χ3v) is 4.94. The summed E-state index contributed by atoms with van der Waals surface area (Å²) in [6.07, 6.45) is 2.24. The zero-order valence-electron chi connectivity index (χ0n) is 14.7. The smallest absolute Gasteiger partial charge is 0.198 e. The standard InChI is InChI=1S/C22H23N3/c1-14(2)15-8-11-18(12-9-15)24-22(23)25-20-13-10-17-7-6-16-4-3-5-19(20)21(16)17/h3-5,8-14H,6-7H2,1-2H3,(H3,23,24,25). The maximum atomic E-state index is 6.16. The number of aryl methyl sites for hydroxylation is 2. The van der Waals surface area contributed by atoms with Crippen molar-refractivity contribution in [1.29, 1.82) is 0 Å². The van der Waals surface area contributed by atoms with Crippen LogP contribution in [0.25, 0.3) is 10.8 Å². The molecule has 25 heavy (non-hydrogen) atoms. The highest BCUT2D eigenvalue weighted by Gasteiger charge is 2.15. The summed E-state index contributed by atoms with van der Waals surface area (Å²) in [4.78, 5) is 4.63. The van der Waals surface area contributed by atoms with E-state index in [9.17, 15) is 0 Å². The molecule has 0 aliphatic heterocycles. The molecule has 0 spiro atoms. The number of anilines is 1. The van der Waals surface area contributed by atoms with Crippen molar-refractivity contribution in [3.63, 3.8) is 0 Å². The fourth-order valence-corrected chi connectivity index (χ4v) is 3.59. The first-order valence-corrected chi connectivity index (χ1v) is 8.86. The second kappa shape index (κ2) is 6.25. The van der Waals surface area contributed by atoms with E-state index < -0.39 is 0 Å². The van der Waals surface area contributed by atoms with Crippen LogP contribution in [0.1, 0.15) is 36.5 Å². The molecule has 126 valence electrons. The molecule has 0 unspecified atom stereocenters. The zero-order chi connectivity index (χ0) is 17.4. The minimum atomic E-state index is 0.413. The van der Waals surface area contributed by atoms with E-state index in [4.69, 9.17) is 5.73 Å². The van der Waals surface area contributed by atoms with Crippen molar-refractivity contribution in [3.8, 4) is 0 Å². The summed E-state index contributed by atoms with van der Waals surface area (Å²) in [6.45, 7) is 4.38.